The zero-order valence-electron chi connectivity index (χ0n) is 6.87. The number of hydrogen-bond donors (Lipinski definition) is 1. The molecule has 0 aromatic carbocycles. The van der Waals surface area contributed by atoms with Gasteiger partial charge in [-0.25, -0.2) is 0 Å². The van der Waals surface area contributed by atoms with Gasteiger partial charge in [0.05, 0.1) is 0 Å². The van der Waals surface area contributed by atoms with Crippen molar-refractivity contribution < 1.29 is 0 Å². The van der Waals surface area contributed by atoms with Crippen molar-refractivity contribution in [1.82, 2.24) is 0 Å². The van der Waals surface area contributed by atoms with Gasteiger partial charge in [0, 0.05) is 16.8 Å². The molecule has 1 saturated carbocycles. The van der Waals surface area contributed by atoms with E-state index < -0.39 is 0 Å². The van der Waals surface area contributed by atoms with Crippen molar-refractivity contribution in [2.24, 2.45) is 11.1 Å². The first-order chi connectivity index (χ1) is 5.14. The molecule has 0 unspecified atom stereocenters. The smallest absolute Gasteiger partial charge is 0.0180 e. The molecule has 0 radical (unpaired) electrons. The van der Waals surface area contributed by atoms with Crippen LogP contribution in [0.4, 0.5) is 0 Å². The third-order valence-electron chi connectivity index (χ3n) is 2.76. The Labute approximate surface area is 71.2 Å². The average molecular weight is 167 g/mol. The van der Waals surface area contributed by atoms with E-state index >= 15 is 0 Å². The normalized spacial score (nSPS) is 33.7. The van der Waals surface area contributed by atoms with Gasteiger partial charge in [0.15, 0.2) is 0 Å². The minimum absolute atomic E-state index is 0.338. The number of rotatable bonds is 1. The molecule has 0 bridgehead atoms. The molecule has 0 aliphatic heterocycles. The number of nitrogens with two attached hydrogens (primary N) is 1. The van der Waals surface area contributed by atoms with E-state index in [-0.39, 0.29) is 0 Å². The lowest BCUT2D eigenvalue weighted by Crippen LogP contribution is -2.06. The second-order valence-corrected chi connectivity index (χ2v) is 4.82. The summed E-state index contributed by atoms with van der Waals surface area (Å²) in [5, 5.41) is 2.12. The van der Waals surface area contributed by atoms with Gasteiger partial charge >= 0.3 is 0 Å². The molecule has 0 amide bonds. The molecule has 2 heteroatoms. The van der Waals surface area contributed by atoms with Crippen molar-refractivity contribution in [2.75, 3.05) is 0 Å². The molecular formula is C9H13NS. The zero-order chi connectivity index (χ0) is 8.06. The molecule has 1 aliphatic carbocycles. The van der Waals surface area contributed by atoms with Gasteiger partial charge in [-0.15, -0.1) is 11.3 Å². The molecule has 1 aromatic rings. The van der Waals surface area contributed by atoms with E-state index in [1.807, 2.05) is 11.3 Å². The second-order valence-electron chi connectivity index (χ2n) is 3.84. The topological polar surface area (TPSA) is 26.0 Å². The van der Waals surface area contributed by atoms with Crippen molar-refractivity contribution in [3.8, 4) is 0 Å². The van der Waals surface area contributed by atoms with Crippen molar-refractivity contribution >= 4 is 11.3 Å². The Morgan fingerprint density at radius 3 is 2.55 bits per heavy atom. The third-order valence-corrected chi connectivity index (χ3v) is 3.72. The van der Waals surface area contributed by atoms with Gasteiger partial charge < -0.3 is 5.73 Å². The van der Waals surface area contributed by atoms with E-state index in [1.165, 1.54) is 4.88 Å². The summed E-state index contributed by atoms with van der Waals surface area (Å²) in [6, 6.07) is 4.66. The highest BCUT2D eigenvalue weighted by atomic mass is 32.1. The maximum Gasteiger partial charge on any atom is 0.0180 e. The summed E-state index contributed by atoms with van der Waals surface area (Å²) >= 11 is 1.82. The lowest BCUT2D eigenvalue weighted by Gasteiger charge is -1.97. The lowest BCUT2D eigenvalue weighted by atomic mass is 10.1. The van der Waals surface area contributed by atoms with E-state index in [1.54, 1.807) is 0 Å². The molecular weight excluding hydrogens is 154 g/mol. The molecule has 1 fully saturated rings. The highest BCUT2D eigenvalue weighted by Crippen LogP contribution is 2.58. The van der Waals surface area contributed by atoms with Crippen LogP contribution in [0.15, 0.2) is 17.5 Å². The summed E-state index contributed by atoms with van der Waals surface area (Å²) in [4.78, 5) is 1.45. The van der Waals surface area contributed by atoms with Crippen molar-refractivity contribution in [3.63, 3.8) is 0 Å². The monoisotopic (exact) mass is 167 g/mol. The van der Waals surface area contributed by atoms with E-state index in [0.717, 1.165) is 0 Å². The van der Waals surface area contributed by atoms with E-state index in [4.69, 9.17) is 5.73 Å². The zero-order valence-corrected chi connectivity index (χ0v) is 7.69. The molecule has 0 spiro atoms. The summed E-state index contributed by atoms with van der Waals surface area (Å²) in [7, 11) is 0. The fourth-order valence-electron chi connectivity index (χ4n) is 1.69. The molecule has 1 nitrogen and oxygen atoms in total. The highest BCUT2D eigenvalue weighted by molar-refractivity contribution is 7.10. The largest absolute Gasteiger partial charge is 0.327 e. The first kappa shape index (κ1) is 7.32. The van der Waals surface area contributed by atoms with Crippen LogP contribution in [-0.4, -0.2) is 6.04 Å². The van der Waals surface area contributed by atoms with Crippen LogP contribution >= 0.6 is 11.3 Å². The van der Waals surface area contributed by atoms with E-state index in [9.17, 15) is 0 Å². The second kappa shape index (κ2) is 2.08. The van der Waals surface area contributed by atoms with Crippen LogP contribution in [0.1, 0.15) is 24.6 Å². The van der Waals surface area contributed by atoms with E-state index in [2.05, 4.69) is 31.4 Å². The summed E-state index contributed by atoms with van der Waals surface area (Å²) in [5.41, 5.74) is 6.28. The van der Waals surface area contributed by atoms with E-state index in [0.29, 0.717) is 17.4 Å². The molecule has 1 aromatic heterocycles. The fourth-order valence-corrected chi connectivity index (χ4v) is 2.76. The van der Waals surface area contributed by atoms with Gasteiger partial charge in [-0.3, -0.25) is 0 Å². The third kappa shape index (κ3) is 0.932. The molecule has 11 heavy (non-hydrogen) atoms. The van der Waals surface area contributed by atoms with Crippen LogP contribution in [0.25, 0.3) is 0 Å². The first-order valence-electron chi connectivity index (χ1n) is 3.93. The van der Waals surface area contributed by atoms with Crippen molar-refractivity contribution in [3.05, 3.63) is 22.4 Å². The van der Waals surface area contributed by atoms with Gasteiger partial charge in [-0.2, -0.15) is 0 Å². The van der Waals surface area contributed by atoms with Crippen LogP contribution in [-0.2, 0) is 0 Å². The quantitative estimate of drug-likeness (QED) is 0.681. The molecule has 60 valence electrons. The predicted octanol–water partition coefficient (Wildman–Crippen LogP) is 2.20. The van der Waals surface area contributed by atoms with Gasteiger partial charge in [0.2, 0.25) is 0 Å². The molecule has 2 N–H and O–H groups in total. The van der Waals surface area contributed by atoms with Crippen LogP contribution < -0.4 is 5.73 Å². The van der Waals surface area contributed by atoms with Crippen LogP contribution in [0.5, 0.6) is 0 Å². The average Bonchev–Trinajstić information content (AvgIpc) is 2.40. The molecule has 0 saturated heterocycles. The van der Waals surface area contributed by atoms with Gasteiger partial charge in [-0.05, 0) is 16.9 Å². The first-order valence-corrected chi connectivity index (χ1v) is 4.81. The SMILES string of the molecule is CC1(C)[C@@H](N)[C@@H]1c1cccs1. The standard InChI is InChI=1S/C9H13NS/c1-9(2)7(8(9)10)6-4-3-5-11-6/h3-5,7-8H,10H2,1-2H3/t7-,8-/m0/s1. The van der Waals surface area contributed by atoms with Gasteiger partial charge in [0.25, 0.3) is 0 Å². The summed E-state index contributed by atoms with van der Waals surface area (Å²) in [6.07, 6.45) is 0. The summed E-state index contributed by atoms with van der Waals surface area (Å²) in [6.45, 7) is 4.48. The number of hydrogen-bond acceptors (Lipinski definition) is 2. The van der Waals surface area contributed by atoms with Crippen LogP contribution in [0, 0.1) is 5.41 Å². The molecule has 2 atom stereocenters. The molecule has 1 heterocycles. The van der Waals surface area contributed by atoms with Crippen LogP contribution in [0.2, 0.25) is 0 Å². The maximum atomic E-state index is 5.94. The molecule has 2 rings (SSSR count). The van der Waals surface area contributed by atoms with Crippen LogP contribution in [0.3, 0.4) is 0 Å². The summed E-state index contributed by atoms with van der Waals surface area (Å²) < 4.78 is 0. The Bertz CT molecular complexity index is 251. The van der Waals surface area contributed by atoms with Gasteiger partial charge in [-0.1, -0.05) is 19.9 Å². The Morgan fingerprint density at radius 2 is 2.18 bits per heavy atom. The lowest BCUT2D eigenvalue weighted by molar-refractivity contribution is 0.601. The van der Waals surface area contributed by atoms with Crippen molar-refractivity contribution in [1.29, 1.82) is 0 Å². The summed E-state index contributed by atoms with van der Waals surface area (Å²) in [5.74, 6) is 0.613. The minimum Gasteiger partial charge on any atom is -0.327 e. The Hall–Kier alpha value is -0.340. The Morgan fingerprint density at radius 1 is 1.55 bits per heavy atom. The Balaban J connectivity index is 2.23. The minimum atomic E-state index is 0.338. The number of thiophene rings is 1. The fraction of sp³-hybridized carbons (Fsp3) is 0.556. The maximum absolute atomic E-state index is 5.94. The predicted molar refractivity (Wildman–Crippen MR) is 48.8 cm³/mol. The Kier molecular flexibility index (Phi) is 1.38. The highest BCUT2D eigenvalue weighted by Gasteiger charge is 2.56. The molecule has 1 aliphatic rings. The van der Waals surface area contributed by atoms with Gasteiger partial charge in [0.1, 0.15) is 0 Å². The van der Waals surface area contributed by atoms with Crippen molar-refractivity contribution in [2.45, 2.75) is 25.8 Å².